The third-order valence-electron chi connectivity index (χ3n) is 3.58. The third kappa shape index (κ3) is 4.39. The zero-order valence-electron chi connectivity index (χ0n) is 13.1. The van der Waals surface area contributed by atoms with Crippen molar-refractivity contribution in [2.75, 3.05) is 25.0 Å². The van der Waals surface area contributed by atoms with Gasteiger partial charge in [0.25, 0.3) is 0 Å². The van der Waals surface area contributed by atoms with Crippen LogP contribution in [0.4, 0.5) is 14.5 Å². The molecular weight excluding hydrogens is 304 g/mol. The molecule has 0 aromatic heterocycles. The Hall–Kier alpha value is -2.20. The Morgan fingerprint density at radius 1 is 1.35 bits per heavy atom. The van der Waals surface area contributed by atoms with Gasteiger partial charge in [-0.15, -0.1) is 0 Å². The number of carbonyl (C=O) groups excluding carboxylic acids is 1. The SMILES string of the molecule is C[C@H]1CN(C(=O)CCNc2c(F)cc(C#N)cc2F)C[C@H](C)O1. The van der Waals surface area contributed by atoms with Crippen molar-refractivity contribution in [1.29, 1.82) is 5.26 Å². The van der Waals surface area contributed by atoms with E-state index in [9.17, 15) is 13.6 Å². The molecule has 1 N–H and O–H groups in total. The summed E-state index contributed by atoms with van der Waals surface area (Å²) in [6.07, 6.45) is 0.0753. The minimum atomic E-state index is -0.845. The van der Waals surface area contributed by atoms with Crippen LogP contribution in [0.1, 0.15) is 25.8 Å². The lowest BCUT2D eigenvalue weighted by molar-refractivity contribution is -0.142. The average molecular weight is 323 g/mol. The Bertz CT molecular complexity index is 597. The number of amides is 1. The predicted molar refractivity (Wildman–Crippen MR) is 80.8 cm³/mol. The number of anilines is 1. The maximum Gasteiger partial charge on any atom is 0.224 e. The van der Waals surface area contributed by atoms with Gasteiger partial charge < -0.3 is 15.0 Å². The van der Waals surface area contributed by atoms with Gasteiger partial charge in [-0.3, -0.25) is 4.79 Å². The summed E-state index contributed by atoms with van der Waals surface area (Å²) in [5.74, 6) is -1.78. The highest BCUT2D eigenvalue weighted by atomic mass is 19.1. The van der Waals surface area contributed by atoms with Crippen molar-refractivity contribution in [3.8, 4) is 6.07 Å². The third-order valence-corrected chi connectivity index (χ3v) is 3.58. The molecule has 0 saturated carbocycles. The van der Waals surface area contributed by atoms with E-state index in [0.717, 1.165) is 12.1 Å². The van der Waals surface area contributed by atoms with Crippen LogP contribution in [-0.4, -0.2) is 42.6 Å². The molecule has 1 fully saturated rings. The molecule has 0 radical (unpaired) electrons. The number of morpholine rings is 1. The number of nitriles is 1. The van der Waals surface area contributed by atoms with E-state index in [1.54, 1.807) is 11.0 Å². The molecule has 1 aliphatic heterocycles. The summed E-state index contributed by atoms with van der Waals surface area (Å²) in [7, 11) is 0. The Morgan fingerprint density at radius 2 is 1.91 bits per heavy atom. The Labute approximate surface area is 133 Å². The largest absolute Gasteiger partial charge is 0.380 e. The number of ether oxygens (including phenoxy) is 1. The van der Waals surface area contributed by atoms with E-state index in [2.05, 4.69) is 5.32 Å². The number of rotatable bonds is 4. The van der Waals surface area contributed by atoms with Gasteiger partial charge in [-0.25, -0.2) is 8.78 Å². The topological polar surface area (TPSA) is 65.4 Å². The van der Waals surface area contributed by atoms with Gasteiger partial charge in [-0.1, -0.05) is 0 Å². The van der Waals surface area contributed by atoms with E-state index >= 15 is 0 Å². The van der Waals surface area contributed by atoms with Gasteiger partial charge in [0, 0.05) is 26.1 Å². The summed E-state index contributed by atoms with van der Waals surface area (Å²) in [6.45, 7) is 4.94. The molecule has 5 nitrogen and oxygen atoms in total. The fraction of sp³-hybridized carbons (Fsp3) is 0.500. The van der Waals surface area contributed by atoms with Crippen LogP contribution in [-0.2, 0) is 9.53 Å². The van der Waals surface area contributed by atoms with Gasteiger partial charge in [0.2, 0.25) is 5.91 Å². The van der Waals surface area contributed by atoms with Crippen molar-refractivity contribution in [2.24, 2.45) is 0 Å². The Morgan fingerprint density at radius 3 is 2.43 bits per heavy atom. The minimum absolute atomic E-state index is 0.0240. The number of hydrogen-bond acceptors (Lipinski definition) is 4. The molecule has 1 saturated heterocycles. The van der Waals surface area contributed by atoms with Crippen molar-refractivity contribution in [2.45, 2.75) is 32.5 Å². The number of carbonyl (C=O) groups is 1. The molecule has 1 heterocycles. The monoisotopic (exact) mass is 323 g/mol. The molecule has 1 aromatic carbocycles. The quantitative estimate of drug-likeness (QED) is 0.923. The standard InChI is InChI=1S/C16H19F2N3O2/c1-10-8-21(9-11(2)23-10)15(22)3-4-20-16-13(17)5-12(7-19)6-14(16)18/h5-6,10-11,20H,3-4,8-9H2,1-2H3/t10-,11-/m0/s1. The Balaban J connectivity index is 1.90. The van der Waals surface area contributed by atoms with Crippen LogP contribution >= 0.6 is 0 Å². The molecule has 23 heavy (non-hydrogen) atoms. The molecular formula is C16H19F2N3O2. The second-order valence-corrected chi connectivity index (χ2v) is 5.66. The van der Waals surface area contributed by atoms with Crippen LogP contribution < -0.4 is 5.32 Å². The van der Waals surface area contributed by atoms with Crippen molar-refractivity contribution >= 4 is 11.6 Å². The lowest BCUT2D eigenvalue weighted by Crippen LogP contribution is -2.48. The van der Waals surface area contributed by atoms with E-state index in [-0.39, 0.29) is 42.3 Å². The molecule has 124 valence electrons. The number of nitrogens with zero attached hydrogens (tertiary/aromatic N) is 2. The zero-order valence-corrected chi connectivity index (χ0v) is 13.1. The molecule has 0 unspecified atom stereocenters. The van der Waals surface area contributed by atoms with Crippen LogP contribution in [0.3, 0.4) is 0 Å². The summed E-state index contributed by atoms with van der Waals surface area (Å²) >= 11 is 0. The van der Waals surface area contributed by atoms with Crippen LogP contribution in [0.15, 0.2) is 12.1 Å². The van der Waals surface area contributed by atoms with Crippen LogP contribution in [0.2, 0.25) is 0 Å². The molecule has 0 spiro atoms. The summed E-state index contributed by atoms with van der Waals surface area (Å²) in [6, 6.07) is 3.59. The van der Waals surface area contributed by atoms with Gasteiger partial charge in [-0.05, 0) is 26.0 Å². The number of halogens is 2. The van der Waals surface area contributed by atoms with E-state index in [4.69, 9.17) is 10.00 Å². The average Bonchev–Trinajstić information content (AvgIpc) is 2.48. The van der Waals surface area contributed by atoms with Crippen molar-refractivity contribution in [3.63, 3.8) is 0 Å². The maximum atomic E-state index is 13.7. The molecule has 1 aromatic rings. The van der Waals surface area contributed by atoms with Crippen molar-refractivity contribution in [1.82, 2.24) is 4.90 Å². The van der Waals surface area contributed by atoms with Crippen LogP contribution in [0, 0.1) is 23.0 Å². The lowest BCUT2D eigenvalue weighted by Gasteiger charge is -2.35. The van der Waals surface area contributed by atoms with Gasteiger partial charge in [0.15, 0.2) is 11.6 Å². The zero-order chi connectivity index (χ0) is 17.0. The molecule has 2 atom stereocenters. The number of nitrogens with one attached hydrogen (secondary N) is 1. The summed E-state index contributed by atoms with van der Waals surface area (Å²) in [5.41, 5.74) is -0.404. The highest BCUT2D eigenvalue weighted by molar-refractivity contribution is 5.77. The molecule has 7 heteroatoms. The molecule has 1 amide bonds. The molecule has 0 aliphatic carbocycles. The molecule has 1 aliphatic rings. The van der Waals surface area contributed by atoms with Crippen molar-refractivity contribution < 1.29 is 18.3 Å². The molecule has 0 bridgehead atoms. The summed E-state index contributed by atoms with van der Waals surface area (Å²) in [4.78, 5) is 13.8. The van der Waals surface area contributed by atoms with E-state index in [1.807, 2.05) is 13.8 Å². The van der Waals surface area contributed by atoms with E-state index in [1.165, 1.54) is 0 Å². The summed E-state index contributed by atoms with van der Waals surface area (Å²) < 4.78 is 33.0. The minimum Gasteiger partial charge on any atom is -0.380 e. The Kier molecular flexibility index (Phi) is 5.50. The predicted octanol–water partition coefficient (Wildman–Crippen LogP) is 2.27. The normalized spacial score (nSPS) is 20.9. The summed E-state index contributed by atoms with van der Waals surface area (Å²) in [5, 5.41) is 11.2. The van der Waals surface area contributed by atoms with Gasteiger partial charge in [-0.2, -0.15) is 5.26 Å². The maximum absolute atomic E-state index is 13.7. The first kappa shape index (κ1) is 17.2. The second kappa shape index (κ2) is 7.38. The fourth-order valence-electron chi connectivity index (χ4n) is 2.64. The van der Waals surface area contributed by atoms with E-state index < -0.39 is 11.6 Å². The first-order valence-corrected chi connectivity index (χ1v) is 7.47. The van der Waals surface area contributed by atoms with Crippen LogP contribution in [0.5, 0.6) is 0 Å². The van der Waals surface area contributed by atoms with Gasteiger partial charge in [0.1, 0.15) is 5.69 Å². The first-order chi connectivity index (χ1) is 10.9. The molecule has 2 rings (SSSR count). The lowest BCUT2D eigenvalue weighted by atomic mass is 10.2. The smallest absolute Gasteiger partial charge is 0.224 e. The fourth-order valence-corrected chi connectivity index (χ4v) is 2.64. The van der Waals surface area contributed by atoms with Gasteiger partial charge in [0.05, 0.1) is 23.8 Å². The first-order valence-electron chi connectivity index (χ1n) is 7.47. The number of hydrogen-bond donors (Lipinski definition) is 1. The van der Waals surface area contributed by atoms with Crippen LogP contribution in [0.25, 0.3) is 0 Å². The second-order valence-electron chi connectivity index (χ2n) is 5.66. The highest BCUT2D eigenvalue weighted by Gasteiger charge is 2.25. The van der Waals surface area contributed by atoms with Crippen molar-refractivity contribution in [3.05, 3.63) is 29.3 Å². The highest BCUT2D eigenvalue weighted by Crippen LogP contribution is 2.20. The number of benzene rings is 1. The van der Waals surface area contributed by atoms with E-state index in [0.29, 0.717) is 13.1 Å². The van der Waals surface area contributed by atoms with Gasteiger partial charge >= 0.3 is 0 Å².